The van der Waals surface area contributed by atoms with E-state index < -0.39 is 28.9 Å². The standard InChI is InChI=1S/C18H10ClF3O5/c1-9(23)26-27-16-7-10(5-6-12(16)18(20,21)22)15-8-14(24)11-3-2-4-13(19)17(11)25-15/h2-8H,1H3. The fraction of sp³-hybridized carbons (Fsp3) is 0.111. The molecule has 140 valence electrons. The van der Waals surface area contributed by atoms with E-state index >= 15 is 0 Å². The van der Waals surface area contributed by atoms with Crippen LogP contribution in [0.1, 0.15) is 12.5 Å². The Morgan fingerprint density at radius 2 is 1.89 bits per heavy atom. The predicted molar refractivity (Wildman–Crippen MR) is 90.3 cm³/mol. The first-order valence-corrected chi connectivity index (χ1v) is 7.83. The van der Waals surface area contributed by atoms with Crippen LogP contribution in [0, 0.1) is 0 Å². The lowest BCUT2D eigenvalue weighted by atomic mass is 10.1. The Morgan fingerprint density at radius 1 is 1.15 bits per heavy atom. The highest BCUT2D eigenvalue weighted by Crippen LogP contribution is 2.39. The summed E-state index contributed by atoms with van der Waals surface area (Å²) in [6.45, 7) is 0.974. The topological polar surface area (TPSA) is 65.7 Å². The van der Waals surface area contributed by atoms with Gasteiger partial charge in [-0.2, -0.15) is 13.2 Å². The first kappa shape index (κ1) is 18.8. The first-order valence-electron chi connectivity index (χ1n) is 7.46. The number of carbonyl (C=O) groups excluding carboxylic acids is 1. The van der Waals surface area contributed by atoms with Gasteiger partial charge in [-0.15, -0.1) is 0 Å². The zero-order chi connectivity index (χ0) is 19.8. The number of carbonyl (C=O) groups is 1. The number of rotatable bonds is 3. The van der Waals surface area contributed by atoms with Gasteiger partial charge in [0, 0.05) is 18.6 Å². The van der Waals surface area contributed by atoms with Crippen molar-refractivity contribution in [3.05, 3.63) is 63.3 Å². The van der Waals surface area contributed by atoms with Crippen molar-refractivity contribution in [2.75, 3.05) is 0 Å². The number of para-hydroxylation sites is 1. The summed E-state index contributed by atoms with van der Waals surface area (Å²) in [4.78, 5) is 31.8. The van der Waals surface area contributed by atoms with Crippen LogP contribution in [0.2, 0.25) is 5.02 Å². The first-order chi connectivity index (χ1) is 12.7. The van der Waals surface area contributed by atoms with Crippen LogP contribution in [0.4, 0.5) is 13.2 Å². The SMILES string of the molecule is CC(=O)OOc1cc(-c2cc(=O)c3cccc(Cl)c3o2)ccc1C(F)(F)F. The maximum Gasteiger partial charge on any atom is 0.420 e. The monoisotopic (exact) mass is 398 g/mol. The predicted octanol–water partition coefficient (Wildman–Crippen LogP) is 4.99. The third-order valence-corrected chi connectivity index (χ3v) is 3.82. The van der Waals surface area contributed by atoms with E-state index in [-0.39, 0.29) is 27.3 Å². The molecule has 3 aromatic rings. The molecule has 0 atom stereocenters. The molecular weight excluding hydrogens is 389 g/mol. The van der Waals surface area contributed by atoms with E-state index in [1.54, 1.807) is 6.07 Å². The van der Waals surface area contributed by atoms with Crippen molar-refractivity contribution in [3.63, 3.8) is 0 Å². The Hall–Kier alpha value is -3.00. The molecule has 0 radical (unpaired) electrons. The second-order valence-corrected chi connectivity index (χ2v) is 5.87. The maximum atomic E-state index is 13.1. The Balaban J connectivity index is 2.16. The van der Waals surface area contributed by atoms with E-state index in [2.05, 4.69) is 9.78 Å². The molecule has 0 saturated heterocycles. The molecule has 2 aromatic carbocycles. The van der Waals surface area contributed by atoms with Gasteiger partial charge in [0.2, 0.25) is 0 Å². The summed E-state index contributed by atoms with van der Waals surface area (Å²) >= 11 is 6.03. The number of hydrogen-bond donors (Lipinski definition) is 0. The Bertz CT molecular complexity index is 1090. The fourth-order valence-electron chi connectivity index (χ4n) is 2.37. The Morgan fingerprint density at radius 3 is 2.56 bits per heavy atom. The van der Waals surface area contributed by atoms with E-state index in [9.17, 15) is 22.8 Å². The lowest BCUT2D eigenvalue weighted by molar-refractivity contribution is -0.214. The number of benzene rings is 2. The van der Waals surface area contributed by atoms with Crippen LogP contribution < -0.4 is 10.3 Å². The summed E-state index contributed by atoms with van der Waals surface area (Å²) in [5.74, 6) is -1.71. The zero-order valence-electron chi connectivity index (χ0n) is 13.6. The van der Waals surface area contributed by atoms with Crippen LogP contribution in [-0.4, -0.2) is 5.97 Å². The quantitative estimate of drug-likeness (QED) is 0.459. The minimum atomic E-state index is -4.75. The van der Waals surface area contributed by atoms with Crippen LogP contribution in [0.25, 0.3) is 22.3 Å². The summed E-state index contributed by atoms with van der Waals surface area (Å²) in [7, 11) is 0. The molecule has 0 aliphatic carbocycles. The third kappa shape index (κ3) is 3.90. The zero-order valence-corrected chi connectivity index (χ0v) is 14.4. The molecular formula is C18H10ClF3O5. The smallest absolute Gasteiger partial charge is 0.420 e. The minimum absolute atomic E-state index is 0.0259. The average molecular weight is 399 g/mol. The molecule has 0 amide bonds. The third-order valence-electron chi connectivity index (χ3n) is 3.53. The van der Waals surface area contributed by atoms with Crippen molar-refractivity contribution < 1.29 is 32.2 Å². The van der Waals surface area contributed by atoms with Crippen LogP contribution >= 0.6 is 11.6 Å². The van der Waals surface area contributed by atoms with Gasteiger partial charge in [0.15, 0.2) is 16.8 Å². The van der Waals surface area contributed by atoms with Crippen LogP contribution in [0.15, 0.2) is 51.7 Å². The van der Waals surface area contributed by atoms with Crippen molar-refractivity contribution in [1.29, 1.82) is 0 Å². The van der Waals surface area contributed by atoms with Gasteiger partial charge in [0.05, 0.1) is 10.4 Å². The largest absolute Gasteiger partial charge is 0.454 e. The number of hydrogen-bond acceptors (Lipinski definition) is 5. The fourth-order valence-corrected chi connectivity index (χ4v) is 2.58. The number of alkyl halides is 3. The van der Waals surface area contributed by atoms with Gasteiger partial charge in [-0.3, -0.25) is 14.6 Å². The van der Waals surface area contributed by atoms with Gasteiger partial charge in [-0.05, 0) is 24.3 Å². The molecule has 5 nitrogen and oxygen atoms in total. The van der Waals surface area contributed by atoms with Crippen LogP contribution in [0.5, 0.6) is 5.75 Å². The molecule has 0 saturated carbocycles. The normalized spacial score (nSPS) is 11.4. The van der Waals surface area contributed by atoms with E-state index in [0.29, 0.717) is 0 Å². The highest BCUT2D eigenvalue weighted by atomic mass is 35.5. The molecule has 0 bridgehead atoms. The van der Waals surface area contributed by atoms with E-state index in [1.165, 1.54) is 12.1 Å². The van der Waals surface area contributed by atoms with Gasteiger partial charge < -0.3 is 4.42 Å². The van der Waals surface area contributed by atoms with Gasteiger partial charge in [0.1, 0.15) is 11.3 Å². The second kappa shape index (κ2) is 6.96. The van der Waals surface area contributed by atoms with Crippen molar-refractivity contribution >= 4 is 28.5 Å². The number of halogens is 4. The highest BCUT2D eigenvalue weighted by molar-refractivity contribution is 6.34. The Kier molecular flexibility index (Phi) is 4.84. The van der Waals surface area contributed by atoms with Crippen LogP contribution in [-0.2, 0) is 15.9 Å². The molecule has 0 aliphatic rings. The average Bonchev–Trinajstić information content (AvgIpc) is 2.59. The molecule has 1 heterocycles. The molecule has 1 aromatic heterocycles. The van der Waals surface area contributed by atoms with Gasteiger partial charge in [-0.25, -0.2) is 4.79 Å². The highest BCUT2D eigenvalue weighted by Gasteiger charge is 2.35. The number of fused-ring (bicyclic) bond motifs is 1. The van der Waals surface area contributed by atoms with Gasteiger partial charge in [-0.1, -0.05) is 23.7 Å². The summed E-state index contributed by atoms with van der Waals surface area (Å²) in [5.41, 5.74) is -1.38. The summed E-state index contributed by atoms with van der Waals surface area (Å²) in [6.07, 6.45) is -4.75. The maximum absolute atomic E-state index is 13.1. The molecule has 3 rings (SSSR count). The molecule has 0 N–H and O–H groups in total. The van der Waals surface area contributed by atoms with Crippen molar-refractivity contribution in [1.82, 2.24) is 0 Å². The van der Waals surface area contributed by atoms with E-state index in [0.717, 1.165) is 31.2 Å². The van der Waals surface area contributed by atoms with E-state index in [4.69, 9.17) is 16.0 Å². The molecule has 0 aliphatic heterocycles. The van der Waals surface area contributed by atoms with Gasteiger partial charge >= 0.3 is 12.1 Å². The van der Waals surface area contributed by atoms with Crippen molar-refractivity contribution in [3.8, 4) is 17.1 Å². The van der Waals surface area contributed by atoms with Crippen molar-refractivity contribution in [2.24, 2.45) is 0 Å². The minimum Gasteiger partial charge on any atom is -0.454 e. The molecule has 9 heteroatoms. The summed E-state index contributed by atoms with van der Waals surface area (Å²) < 4.78 is 45.0. The van der Waals surface area contributed by atoms with Crippen LogP contribution in [0.3, 0.4) is 0 Å². The summed E-state index contributed by atoms with van der Waals surface area (Å²) in [5, 5.41) is 0.407. The lowest BCUT2D eigenvalue weighted by Gasteiger charge is -2.13. The van der Waals surface area contributed by atoms with E-state index in [1.807, 2.05) is 0 Å². The summed E-state index contributed by atoms with van der Waals surface area (Å²) in [6, 6.07) is 8.50. The Labute approximate surface area is 154 Å². The second-order valence-electron chi connectivity index (χ2n) is 5.46. The molecule has 0 unspecified atom stereocenters. The lowest BCUT2D eigenvalue weighted by Crippen LogP contribution is -2.11. The van der Waals surface area contributed by atoms with Crippen molar-refractivity contribution in [2.45, 2.75) is 13.1 Å². The molecule has 27 heavy (non-hydrogen) atoms. The molecule has 0 fully saturated rings. The van der Waals surface area contributed by atoms with Gasteiger partial charge in [0.25, 0.3) is 0 Å². The molecule has 0 spiro atoms.